The van der Waals surface area contributed by atoms with E-state index in [2.05, 4.69) is 26.0 Å². The molecule has 4 atom stereocenters. The summed E-state index contributed by atoms with van der Waals surface area (Å²) < 4.78 is 11.2. The lowest BCUT2D eigenvalue weighted by Crippen LogP contribution is -2.41. The molecule has 2 saturated carbocycles. The van der Waals surface area contributed by atoms with Crippen molar-refractivity contribution < 1.29 is 9.31 Å². The minimum Gasteiger partial charge on any atom is -0.400 e. The number of fused-ring (bicyclic) bond motifs is 5. The van der Waals surface area contributed by atoms with E-state index in [1.807, 2.05) is 0 Å². The Morgan fingerprint density at radius 3 is 2.73 bits per heavy atom. The van der Waals surface area contributed by atoms with Crippen molar-refractivity contribution in [1.29, 1.82) is 0 Å². The molecule has 0 radical (unpaired) electrons. The molecule has 3 aliphatic rings. The van der Waals surface area contributed by atoms with Crippen molar-refractivity contribution in [3.05, 3.63) is 0 Å². The van der Waals surface area contributed by atoms with Crippen LogP contribution in [-0.4, -0.2) is 26.5 Å². The molecule has 2 bridgehead atoms. The van der Waals surface area contributed by atoms with E-state index in [1.54, 1.807) is 7.11 Å². The van der Waals surface area contributed by atoms with Gasteiger partial charge in [0, 0.05) is 13.2 Å². The van der Waals surface area contributed by atoms with Gasteiger partial charge in [-0.15, -0.1) is 0 Å². The summed E-state index contributed by atoms with van der Waals surface area (Å²) in [5, 5.41) is 3.47. The Kier molecular flexibility index (Phi) is 1.88. The van der Waals surface area contributed by atoms with E-state index in [9.17, 15) is 0 Å². The van der Waals surface area contributed by atoms with E-state index in [-0.39, 0.29) is 7.25 Å². The van der Waals surface area contributed by atoms with Gasteiger partial charge in [0.1, 0.15) is 0 Å². The quantitative estimate of drug-likeness (QED) is 0.662. The van der Waals surface area contributed by atoms with Gasteiger partial charge in [-0.25, -0.2) is 0 Å². The Labute approximate surface area is 92.1 Å². The minimum absolute atomic E-state index is 0.184. The van der Waals surface area contributed by atoms with Crippen LogP contribution >= 0.6 is 0 Å². The number of hydrogen-bond acceptors (Lipinski definition) is 3. The zero-order valence-electron chi connectivity index (χ0n) is 10.0. The van der Waals surface area contributed by atoms with Crippen molar-refractivity contribution in [3.8, 4) is 0 Å². The Morgan fingerprint density at radius 2 is 2.13 bits per heavy atom. The fourth-order valence-corrected chi connectivity index (χ4v) is 4.20. The first-order valence-corrected chi connectivity index (χ1v) is 5.95. The molecule has 15 heavy (non-hydrogen) atoms. The van der Waals surface area contributed by atoms with Gasteiger partial charge in [-0.1, -0.05) is 20.8 Å². The van der Waals surface area contributed by atoms with Crippen molar-refractivity contribution in [1.82, 2.24) is 5.23 Å². The molecule has 1 N–H and O–H groups in total. The van der Waals surface area contributed by atoms with E-state index in [0.717, 1.165) is 5.92 Å². The molecule has 3 rings (SSSR count). The van der Waals surface area contributed by atoms with Gasteiger partial charge >= 0.3 is 7.25 Å². The zero-order valence-corrected chi connectivity index (χ0v) is 10.0. The number of rotatable bonds is 1. The van der Waals surface area contributed by atoms with Crippen LogP contribution in [0.1, 0.15) is 33.6 Å². The lowest BCUT2D eigenvalue weighted by molar-refractivity contribution is 0.0255. The zero-order chi connectivity index (χ0) is 10.8. The van der Waals surface area contributed by atoms with Crippen molar-refractivity contribution in [2.75, 3.05) is 7.11 Å². The second kappa shape index (κ2) is 2.79. The molecule has 0 spiro atoms. The third-order valence-electron chi connectivity index (χ3n) is 5.57. The van der Waals surface area contributed by atoms with Crippen molar-refractivity contribution in [2.45, 2.75) is 45.8 Å². The van der Waals surface area contributed by atoms with E-state index in [4.69, 9.17) is 9.31 Å². The summed E-state index contributed by atoms with van der Waals surface area (Å²) in [4.78, 5) is 0. The SMILES string of the molecule is COB1N[C@H]2[C@@H]3CC[C@](C)([C@H]2O1)C3(C)C. The summed E-state index contributed by atoms with van der Waals surface area (Å²) in [6.07, 6.45) is 2.97. The highest BCUT2D eigenvalue weighted by Crippen LogP contribution is 2.67. The van der Waals surface area contributed by atoms with Crippen LogP contribution in [0, 0.1) is 16.7 Å². The molecule has 0 aromatic rings. The fraction of sp³-hybridized carbons (Fsp3) is 1.00. The molecular formula is C11H20BNO2. The lowest BCUT2D eigenvalue weighted by atomic mass is 9.70. The van der Waals surface area contributed by atoms with Crippen molar-refractivity contribution in [3.63, 3.8) is 0 Å². The highest BCUT2D eigenvalue weighted by atomic mass is 16.6. The molecule has 84 valence electrons. The monoisotopic (exact) mass is 209 g/mol. The van der Waals surface area contributed by atoms with Crippen LogP contribution in [0.5, 0.6) is 0 Å². The molecule has 1 heterocycles. The summed E-state index contributed by atoms with van der Waals surface area (Å²) in [6, 6.07) is 0.503. The van der Waals surface area contributed by atoms with Crippen LogP contribution in [0.15, 0.2) is 0 Å². The van der Waals surface area contributed by atoms with Gasteiger partial charge in [0.2, 0.25) is 0 Å². The molecule has 3 nitrogen and oxygen atoms in total. The first kappa shape index (κ1) is 10.1. The minimum atomic E-state index is -0.184. The molecule has 1 saturated heterocycles. The predicted molar refractivity (Wildman–Crippen MR) is 59.2 cm³/mol. The number of hydrogen-bond donors (Lipinski definition) is 1. The Bertz CT molecular complexity index is 296. The topological polar surface area (TPSA) is 30.5 Å². The first-order chi connectivity index (χ1) is 7.00. The average Bonchev–Trinajstić information content (AvgIpc) is 2.74. The van der Waals surface area contributed by atoms with Crippen LogP contribution in [0.25, 0.3) is 0 Å². The maximum Gasteiger partial charge on any atom is 0.555 e. The molecule has 0 aromatic carbocycles. The van der Waals surface area contributed by atoms with Gasteiger partial charge in [-0.05, 0) is 29.6 Å². The van der Waals surface area contributed by atoms with E-state index >= 15 is 0 Å². The van der Waals surface area contributed by atoms with Gasteiger partial charge in [-0.3, -0.25) is 5.23 Å². The van der Waals surface area contributed by atoms with Crippen LogP contribution in [0.4, 0.5) is 0 Å². The summed E-state index contributed by atoms with van der Waals surface area (Å²) in [5.74, 6) is 0.743. The molecule has 1 aliphatic heterocycles. The van der Waals surface area contributed by atoms with Gasteiger partial charge in [0.15, 0.2) is 0 Å². The Morgan fingerprint density at radius 1 is 1.40 bits per heavy atom. The molecule has 2 aliphatic carbocycles. The molecular weight excluding hydrogens is 189 g/mol. The molecule has 0 aromatic heterocycles. The van der Waals surface area contributed by atoms with E-state index in [1.165, 1.54) is 12.8 Å². The van der Waals surface area contributed by atoms with E-state index in [0.29, 0.717) is 23.0 Å². The predicted octanol–water partition coefficient (Wildman–Crippen LogP) is 1.43. The fourth-order valence-electron chi connectivity index (χ4n) is 4.20. The average molecular weight is 209 g/mol. The normalized spacial score (nSPS) is 51.2. The van der Waals surface area contributed by atoms with Crippen LogP contribution in [-0.2, 0) is 9.31 Å². The van der Waals surface area contributed by atoms with Gasteiger partial charge in [-0.2, -0.15) is 0 Å². The summed E-state index contributed by atoms with van der Waals surface area (Å²) in [5.41, 5.74) is 0.719. The largest absolute Gasteiger partial charge is 0.555 e. The van der Waals surface area contributed by atoms with Crippen LogP contribution < -0.4 is 5.23 Å². The van der Waals surface area contributed by atoms with Crippen molar-refractivity contribution >= 4 is 7.25 Å². The van der Waals surface area contributed by atoms with E-state index < -0.39 is 0 Å². The molecule has 0 amide bonds. The third kappa shape index (κ3) is 0.985. The summed E-state index contributed by atoms with van der Waals surface area (Å²) in [7, 11) is 1.52. The van der Waals surface area contributed by atoms with Gasteiger partial charge in [0.25, 0.3) is 0 Å². The summed E-state index contributed by atoms with van der Waals surface area (Å²) >= 11 is 0. The van der Waals surface area contributed by atoms with Crippen molar-refractivity contribution in [2.24, 2.45) is 16.7 Å². The highest BCUT2D eigenvalue weighted by molar-refractivity contribution is 6.42. The molecule has 3 fully saturated rings. The maximum absolute atomic E-state index is 5.97. The standard InChI is InChI=1S/C11H20BNO2/c1-10(2)7-5-6-11(10,3)9-8(7)13-12(14-4)15-9/h7-9,13H,5-6H2,1-4H3/t7-,8-,9-,11+/m0/s1. The third-order valence-corrected chi connectivity index (χ3v) is 5.57. The van der Waals surface area contributed by atoms with Gasteiger partial charge in [0.05, 0.1) is 6.10 Å². The lowest BCUT2D eigenvalue weighted by Gasteiger charge is -2.38. The second-order valence-corrected chi connectivity index (χ2v) is 6.10. The Balaban J connectivity index is 1.94. The molecule has 0 unspecified atom stereocenters. The van der Waals surface area contributed by atoms with Crippen LogP contribution in [0.2, 0.25) is 0 Å². The second-order valence-electron chi connectivity index (χ2n) is 6.10. The maximum atomic E-state index is 5.97. The van der Waals surface area contributed by atoms with Gasteiger partial charge < -0.3 is 9.31 Å². The smallest absolute Gasteiger partial charge is 0.400 e. The highest BCUT2D eigenvalue weighted by Gasteiger charge is 2.69. The first-order valence-electron chi connectivity index (χ1n) is 5.95. The number of nitrogens with one attached hydrogen (secondary N) is 1. The summed E-state index contributed by atoms with van der Waals surface area (Å²) in [6.45, 7) is 7.18. The van der Waals surface area contributed by atoms with Crippen LogP contribution in [0.3, 0.4) is 0 Å². The molecule has 4 heteroatoms. The Hall–Kier alpha value is -0.0551.